The van der Waals surface area contributed by atoms with Gasteiger partial charge < -0.3 is 14.2 Å². The van der Waals surface area contributed by atoms with Crippen LogP contribution >= 0.6 is 0 Å². The monoisotopic (exact) mass is 723 g/mol. The van der Waals surface area contributed by atoms with Gasteiger partial charge in [0.15, 0.2) is 6.10 Å². The Bertz CT molecular complexity index is 781. The van der Waals surface area contributed by atoms with Gasteiger partial charge in [0.05, 0.1) is 0 Å². The van der Waals surface area contributed by atoms with Crippen molar-refractivity contribution < 1.29 is 28.6 Å². The van der Waals surface area contributed by atoms with Crippen LogP contribution in [0.25, 0.3) is 0 Å². The Kier molecular flexibility index (Phi) is 37.0. The number of hydrogen-bond acceptors (Lipinski definition) is 6. The van der Waals surface area contributed by atoms with Gasteiger partial charge >= 0.3 is 17.9 Å². The molecule has 0 aliphatic heterocycles. The first kappa shape index (κ1) is 49.4. The van der Waals surface area contributed by atoms with Gasteiger partial charge in [0, 0.05) is 19.3 Å². The van der Waals surface area contributed by atoms with Gasteiger partial charge in [-0.15, -0.1) is 0 Å². The molecule has 0 amide bonds. The maximum Gasteiger partial charge on any atom is 0.306 e. The summed E-state index contributed by atoms with van der Waals surface area (Å²) in [5.74, 6) is 0.732. The minimum Gasteiger partial charge on any atom is -0.462 e. The summed E-state index contributed by atoms with van der Waals surface area (Å²) in [4.78, 5) is 37.6. The molecule has 51 heavy (non-hydrogen) atoms. The lowest BCUT2D eigenvalue weighted by molar-refractivity contribution is -0.167. The third kappa shape index (κ3) is 38.0. The summed E-state index contributed by atoms with van der Waals surface area (Å²) in [6, 6.07) is 0. The van der Waals surface area contributed by atoms with E-state index in [0.29, 0.717) is 19.3 Å². The Labute approximate surface area is 317 Å². The van der Waals surface area contributed by atoms with E-state index in [0.717, 1.165) is 69.6 Å². The van der Waals surface area contributed by atoms with E-state index in [-0.39, 0.29) is 31.1 Å². The lowest BCUT2D eigenvalue weighted by atomic mass is 10.00. The summed E-state index contributed by atoms with van der Waals surface area (Å²) in [5, 5.41) is 0. The summed E-state index contributed by atoms with van der Waals surface area (Å²) >= 11 is 0. The minimum absolute atomic E-state index is 0.0665. The van der Waals surface area contributed by atoms with Gasteiger partial charge in [-0.05, 0) is 31.1 Å². The molecular weight excluding hydrogens is 636 g/mol. The van der Waals surface area contributed by atoms with Crippen molar-refractivity contribution in [2.45, 2.75) is 246 Å². The molecule has 0 spiro atoms. The van der Waals surface area contributed by atoms with Crippen molar-refractivity contribution in [3.05, 3.63) is 0 Å². The Balaban J connectivity index is 4.35. The third-order valence-electron chi connectivity index (χ3n) is 10.3. The number of esters is 3. The highest BCUT2D eigenvalue weighted by atomic mass is 16.6. The standard InChI is InChI=1S/C45H86O6/c1-6-8-9-10-11-12-13-14-15-16-19-27-32-37-45(48)51-42(38-49-43(46)35-30-25-20-17-18-23-28-33-40(3)4)39-50-44(47)36-31-26-22-21-24-29-34-41(5)7-2/h40-42H,6-39H2,1-5H3/t41?,42-/m0/s1. The normalized spacial score (nSPS) is 12.6. The van der Waals surface area contributed by atoms with Crippen LogP contribution in [-0.4, -0.2) is 37.2 Å². The van der Waals surface area contributed by atoms with Crippen LogP contribution in [-0.2, 0) is 28.6 Å². The van der Waals surface area contributed by atoms with Crippen LogP contribution in [0, 0.1) is 11.8 Å². The molecule has 0 aromatic rings. The lowest BCUT2D eigenvalue weighted by Crippen LogP contribution is -2.30. The van der Waals surface area contributed by atoms with Crippen molar-refractivity contribution in [2.24, 2.45) is 11.8 Å². The van der Waals surface area contributed by atoms with E-state index in [9.17, 15) is 14.4 Å². The maximum absolute atomic E-state index is 12.7. The van der Waals surface area contributed by atoms with Crippen molar-refractivity contribution in [3.63, 3.8) is 0 Å². The van der Waals surface area contributed by atoms with Crippen molar-refractivity contribution in [2.75, 3.05) is 13.2 Å². The van der Waals surface area contributed by atoms with Gasteiger partial charge in [-0.2, -0.15) is 0 Å². The summed E-state index contributed by atoms with van der Waals surface area (Å²) in [5.41, 5.74) is 0. The van der Waals surface area contributed by atoms with Gasteiger partial charge in [0.1, 0.15) is 13.2 Å². The molecule has 0 saturated heterocycles. The quantitative estimate of drug-likeness (QED) is 0.0357. The summed E-state index contributed by atoms with van der Waals surface area (Å²) in [6.45, 7) is 11.3. The molecule has 0 radical (unpaired) electrons. The Morgan fingerprint density at radius 2 is 0.745 bits per heavy atom. The average Bonchev–Trinajstić information content (AvgIpc) is 3.11. The molecule has 302 valence electrons. The molecule has 0 aromatic carbocycles. The van der Waals surface area contributed by atoms with Gasteiger partial charge in [-0.1, -0.05) is 202 Å². The fraction of sp³-hybridized carbons (Fsp3) is 0.933. The van der Waals surface area contributed by atoms with E-state index < -0.39 is 6.10 Å². The number of unbranched alkanes of at least 4 members (excludes halogenated alkanes) is 23. The van der Waals surface area contributed by atoms with Crippen molar-refractivity contribution in [3.8, 4) is 0 Å². The zero-order valence-corrected chi connectivity index (χ0v) is 34.7. The summed E-state index contributed by atoms with van der Waals surface area (Å²) in [7, 11) is 0. The zero-order chi connectivity index (χ0) is 37.6. The van der Waals surface area contributed by atoms with Crippen LogP contribution in [0.1, 0.15) is 240 Å². The second-order valence-corrected chi connectivity index (χ2v) is 16.1. The molecule has 0 saturated carbocycles. The molecule has 0 aliphatic carbocycles. The second-order valence-electron chi connectivity index (χ2n) is 16.1. The Morgan fingerprint density at radius 1 is 0.412 bits per heavy atom. The van der Waals surface area contributed by atoms with E-state index >= 15 is 0 Å². The molecule has 0 fully saturated rings. The predicted molar refractivity (Wildman–Crippen MR) is 215 cm³/mol. The zero-order valence-electron chi connectivity index (χ0n) is 34.7. The highest BCUT2D eigenvalue weighted by molar-refractivity contribution is 5.71. The topological polar surface area (TPSA) is 78.9 Å². The lowest BCUT2D eigenvalue weighted by Gasteiger charge is -2.18. The van der Waals surface area contributed by atoms with Crippen LogP contribution in [0.4, 0.5) is 0 Å². The minimum atomic E-state index is -0.760. The van der Waals surface area contributed by atoms with Gasteiger partial charge in [-0.3, -0.25) is 14.4 Å². The van der Waals surface area contributed by atoms with Crippen LogP contribution < -0.4 is 0 Å². The average molecular weight is 723 g/mol. The van der Waals surface area contributed by atoms with E-state index in [4.69, 9.17) is 14.2 Å². The summed E-state index contributed by atoms with van der Waals surface area (Å²) in [6.07, 6.45) is 35.2. The van der Waals surface area contributed by atoms with Crippen LogP contribution in [0.3, 0.4) is 0 Å². The predicted octanol–water partition coefficient (Wildman–Crippen LogP) is 13.8. The van der Waals surface area contributed by atoms with Crippen LogP contribution in [0.5, 0.6) is 0 Å². The molecule has 6 heteroatoms. The van der Waals surface area contributed by atoms with Crippen LogP contribution in [0.15, 0.2) is 0 Å². The molecule has 2 atom stereocenters. The third-order valence-corrected chi connectivity index (χ3v) is 10.3. The van der Waals surface area contributed by atoms with Crippen molar-refractivity contribution >= 4 is 17.9 Å². The van der Waals surface area contributed by atoms with E-state index in [2.05, 4.69) is 34.6 Å². The fourth-order valence-corrected chi connectivity index (χ4v) is 6.54. The first-order valence-corrected chi connectivity index (χ1v) is 22.3. The molecule has 0 aromatic heterocycles. The molecule has 0 rings (SSSR count). The van der Waals surface area contributed by atoms with E-state index in [1.165, 1.54) is 128 Å². The first-order valence-electron chi connectivity index (χ1n) is 22.3. The molecule has 6 nitrogen and oxygen atoms in total. The smallest absolute Gasteiger partial charge is 0.306 e. The van der Waals surface area contributed by atoms with Gasteiger partial charge in [0.25, 0.3) is 0 Å². The van der Waals surface area contributed by atoms with E-state index in [1.807, 2.05) is 0 Å². The summed E-state index contributed by atoms with van der Waals surface area (Å²) < 4.78 is 16.7. The number of ether oxygens (including phenoxy) is 3. The molecule has 0 aliphatic rings. The van der Waals surface area contributed by atoms with E-state index in [1.54, 1.807) is 0 Å². The molecule has 0 bridgehead atoms. The number of carbonyl (C=O) groups excluding carboxylic acids is 3. The molecule has 0 heterocycles. The number of hydrogen-bond donors (Lipinski definition) is 0. The Morgan fingerprint density at radius 3 is 1.12 bits per heavy atom. The molecule has 0 N–H and O–H groups in total. The second kappa shape index (κ2) is 38.1. The van der Waals surface area contributed by atoms with Gasteiger partial charge in [0.2, 0.25) is 0 Å². The first-order chi connectivity index (χ1) is 24.8. The highest BCUT2D eigenvalue weighted by Crippen LogP contribution is 2.17. The number of carbonyl (C=O) groups is 3. The van der Waals surface area contributed by atoms with Crippen molar-refractivity contribution in [1.82, 2.24) is 0 Å². The van der Waals surface area contributed by atoms with Crippen LogP contribution in [0.2, 0.25) is 0 Å². The SMILES string of the molecule is CCCCCCCCCCCCCCCC(=O)O[C@@H](COC(=O)CCCCCCCCCC(C)C)COC(=O)CCCCCCCCC(C)CC. The molecular formula is C45H86O6. The largest absolute Gasteiger partial charge is 0.462 e. The maximum atomic E-state index is 12.7. The highest BCUT2D eigenvalue weighted by Gasteiger charge is 2.19. The Hall–Kier alpha value is -1.59. The fourth-order valence-electron chi connectivity index (χ4n) is 6.54. The van der Waals surface area contributed by atoms with Crippen molar-refractivity contribution in [1.29, 1.82) is 0 Å². The molecule has 1 unspecified atom stereocenters. The van der Waals surface area contributed by atoms with Gasteiger partial charge in [-0.25, -0.2) is 0 Å². The number of rotatable bonds is 39.